The lowest BCUT2D eigenvalue weighted by atomic mass is 9.93. The number of carbonyl (C=O) groups is 3. The number of esters is 3. The second-order valence-corrected chi connectivity index (χ2v) is 22.2. The smallest absolute Gasteiger partial charge is 0.306 e. The topological polar surface area (TPSA) is 99.1 Å². The van der Waals surface area contributed by atoms with Crippen LogP contribution in [0.2, 0.25) is 0 Å². The molecule has 0 amide bonds. The van der Waals surface area contributed by atoms with E-state index in [2.05, 4.69) is 34.6 Å². The van der Waals surface area contributed by atoms with Crippen molar-refractivity contribution in [2.24, 2.45) is 5.92 Å². The Bertz CT molecular complexity index is 1110. The van der Waals surface area contributed by atoms with Crippen LogP contribution in [0.3, 0.4) is 0 Å². The molecule has 0 aliphatic carbocycles. The monoisotopic (exact) mass is 1010 g/mol. The molecular weight excluding hydrogens is 883 g/mol. The van der Waals surface area contributed by atoms with Crippen LogP contribution in [-0.4, -0.2) is 79.6 Å². The zero-order valence-electron chi connectivity index (χ0n) is 48.5. The summed E-state index contributed by atoms with van der Waals surface area (Å²) in [5.74, 6) is 0.626. The molecule has 0 aliphatic heterocycles. The highest BCUT2D eigenvalue weighted by molar-refractivity contribution is 5.70. The van der Waals surface area contributed by atoms with Gasteiger partial charge >= 0.3 is 17.9 Å². The van der Waals surface area contributed by atoms with E-state index >= 15 is 0 Å². The van der Waals surface area contributed by atoms with Gasteiger partial charge in [0.1, 0.15) is 12.6 Å². The minimum atomic E-state index is -0.0373. The minimum absolute atomic E-state index is 0.00767. The molecule has 1 unspecified atom stereocenters. The van der Waals surface area contributed by atoms with E-state index in [0.717, 1.165) is 159 Å². The molecule has 0 bridgehead atoms. The Morgan fingerprint density at radius 2 is 0.676 bits per heavy atom. The molecule has 0 aromatic rings. The SMILES string of the molecule is CCCCCCCCCOC(=O)CCCCCCC[N+](CCO)(CCCCCCCC(=O)OCCC(CCCC)CCCC)CCCCCCCC(=O)OC(CCCCCCCC)CCCCCCCC. The fourth-order valence-corrected chi connectivity index (χ4v) is 10.6. The van der Waals surface area contributed by atoms with Gasteiger partial charge in [-0.25, -0.2) is 0 Å². The third kappa shape index (κ3) is 47.8. The first kappa shape index (κ1) is 69.3. The molecule has 8 nitrogen and oxygen atoms in total. The zero-order valence-corrected chi connectivity index (χ0v) is 48.5. The third-order valence-corrected chi connectivity index (χ3v) is 15.4. The summed E-state index contributed by atoms with van der Waals surface area (Å²) in [6, 6.07) is 0. The predicted octanol–water partition coefficient (Wildman–Crippen LogP) is 18.5. The van der Waals surface area contributed by atoms with Crippen molar-refractivity contribution in [3.8, 4) is 0 Å². The van der Waals surface area contributed by atoms with Crippen molar-refractivity contribution < 1.29 is 38.2 Å². The van der Waals surface area contributed by atoms with Crippen molar-refractivity contribution in [2.75, 3.05) is 46.0 Å². The first-order valence-electron chi connectivity index (χ1n) is 31.8. The van der Waals surface area contributed by atoms with Crippen molar-refractivity contribution in [1.29, 1.82) is 0 Å². The van der Waals surface area contributed by atoms with Gasteiger partial charge in [-0.05, 0) is 102 Å². The van der Waals surface area contributed by atoms with Crippen molar-refractivity contribution in [1.82, 2.24) is 0 Å². The first-order valence-corrected chi connectivity index (χ1v) is 31.8. The molecule has 1 N–H and O–H groups in total. The number of aliphatic hydroxyl groups excluding tert-OH is 1. The Hall–Kier alpha value is -1.67. The molecule has 0 fully saturated rings. The van der Waals surface area contributed by atoms with Crippen molar-refractivity contribution in [3.63, 3.8) is 0 Å². The van der Waals surface area contributed by atoms with E-state index in [9.17, 15) is 19.5 Å². The number of carbonyl (C=O) groups excluding carboxylic acids is 3. The van der Waals surface area contributed by atoms with E-state index in [1.54, 1.807) is 0 Å². The maximum absolute atomic E-state index is 13.0. The number of unbranched alkanes of at least 4 members (excludes halogenated alkanes) is 30. The lowest BCUT2D eigenvalue weighted by Crippen LogP contribution is -2.51. The van der Waals surface area contributed by atoms with E-state index in [4.69, 9.17) is 14.2 Å². The number of rotatable bonds is 58. The molecule has 0 radical (unpaired) electrons. The Morgan fingerprint density at radius 3 is 1.08 bits per heavy atom. The summed E-state index contributed by atoms with van der Waals surface area (Å²) in [5.41, 5.74) is 0. The highest BCUT2D eigenvalue weighted by Gasteiger charge is 2.26. The van der Waals surface area contributed by atoms with Gasteiger partial charge < -0.3 is 23.8 Å². The molecule has 71 heavy (non-hydrogen) atoms. The molecule has 1 atom stereocenters. The Morgan fingerprint density at radius 1 is 0.338 bits per heavy atom. The molecule has 0 spiro atoms. The van der Waals surface area contributed by atoms with Gasteiger partial charge in [0.15, 0.2) is 0 Å². The number of hydrogen-bond acceptors (Lipinski definition) is 7. The molecule has 0 aromatic carbocycles. The lowest BCUT2D eigenvalue weighted by Gasteiger charge is -2.39. The zero-order chi connectivity index (χ0) is 52.0. The molecule has 8 heteroatoms. The summed E-state index contributed by atoms with van der Waals surface area (Å²) < 4.78 is 18.3. The van der Waals surface area contributed by atoms with Crippen LogP contribution >= 0.6 is 0 Å². The molecule has 0 aromatic heterocycles. The highest BCUT2D eigenvalue weighted by atomic mass is 16.5. The van der Waals surface area contributed by atoms with E-state index in [-0.39, 0.29) is 30.6 Å². The number of quaternary nitrogens is 1. The number of hydrogen-bond donors (Lipinski definition) is 1. The summed E-state index contributed by atoms with van der Waals surface area (Å²) in [7, 11) is 0. The molecule has 0 heterocycles. The maximum atomic E-state index is 13.0. The van der Waals surface area contributed by atoms with Crippen LogP contribution in [0.15, 0.2) is 0 Å². The molecule has 0 saturated heterocycles. The normalized spacial score (nSPS) is 12.5. The van der Waals surface area contributed by atoms with Gasteiger partial charge in [-0.2, -0.15) is 0 Å². The average Bonchev–Trinajstić information content (AvgIpc) is 3.36. The Kier molecular flexibility index (Phi) is 53.3. The summed E-state index contributed by atoms with van der Waals surface area (Å²) >= 11 is 0. The third-order valence-electron chi connectivity index (χ3n) is 15.4. The summed E-state index contributed by atoms with van der Waals surface area (Å²) in [5, 5.41) is 10.4. The largest absolute Gasteiger partial charge is 0.466 e. The summed E-state index contributed by atoms with van der Waals surface area (Å²) in [4.78, 5) is 37.9. The van der Waals surface area contributed by atoms with Crippen LogP contribution in [0.25, 0.3) is 0 Å². The Labute approximate surface area is 442 Å². The molecule has 422 valence electrons. The van der Waals surface area contributed by atoms with Gasteiger partial charge in [0, 0.05) is 19.3 Å². The number of ether oxygens (including phenoxy) is 3. The van der Waals surface area contributed by atoms with Crippen LogP contribution in [-0.2, 0) is 28.6 Å². The maximum Gasteiger partial charge on any atom is 0.306 e. The predicted molar refractivity (Wildman–Crippen MR) is 303 cm³/mol. The molecule has 0 saturated carbocycles. The van der Waals surface area contributed by atoms with Gasteiger partial charge in [0.2, 0.25) is 0 Å². The van der Waals surface area contributed by atoms with E-state index in [1.807, 2.05) is 0 Å². The average molecular weight is 1010 g/mol. The number of aliphatic hydroxyl groups is 1. The van der Waals surface area contributed by atoms with Gasteiger partial charge in [0.05, 0.1) is 39.5 Å². The number of nitrogens with zero attached hydrogens (tertiary/aromatic N) is 1. The van der Waals surface area contributed by atoms with Crippen LogP contribution < -0.4 is 0 Å². The van der Waals surface area contributed by atoms with Crippen LogP contribution in [0.5, 0.6) is 0 Å². The quantitative estimate of drug-likeness (QED) is 0.0280. The fraction of sp³-hybridized carbons (Fsp3) is 0.952. The van der Waals surface area contributed by atoms with Crippen molar-refractivity contribution in [3.05, 3.63) is 0 Å². The standard InChI is InChI=1S/C63H124NO7/c1-6-11-16-19-22-34-43-57-69-61(66)48-37-28-23-31-40-52-64(55-56-65,53-41-32-24-29-38-49-62(67)70-58-51-59(44-14-9-4)45-15-10-5)54-42-33-25-30-39-50-63(68)71-60(46-35-26-20-17-12-7-2)47-36-27-21-18-13-8-3/h59-60,65H,6-58H2,1-5H3/q+1. The van der Waals surface area contributed by atoms with E-state index in [0.29, 0.717) is 38.4 Å². The lowest BCUT2D eigenvalue weighted by molar-refractivity contribution is -0.929. The highest BCUT2D eigenvalue weighted by Crippen LogP contribution is 2.23. The van der Waals surface area contributed by atoms with Gasteiger partial charge in [-0.1, -0.05) is 214 Å². The van der Waals surface area contributed by atoms with Gasteiger partial charge in [0.25, 0.3) is 0 Å². The molecule has 0 rings (SSSR count). The Balaban J connectivity index is 4.95. The van der Waals surface area contributed by atoms with Gasteiger partial charge in [-0.15, -0.1) is 0 Å². The van der Waals surface area contributed by atoms with Crippen LogP contribution in [0, 0.1) is 5.92 Å². The minimum Gasteiger partial charge on any atom is -0.466 e. The van der Waals surface area contributed by atoms with E-state index in [1.165, 1.54) is 148 Å². The summed E-state index contributed by atoms with van der Waals surface area (Å²) in [6.07, 6.45) is 52.2. The van der Waals surface area contributed by atoms with Crippen LogP contribution in [0.1, 0.15) is 330 Å². The molecule has 0 aliphatic rings. The second-order valence-electron chi connectivity index (χ2n) is 22.2. The van der Waals surface area contributed by atoms with Gasteiger partial charge in [-0.3, -0.25) is 14.4 Å². The fourth-order valence-electron chi connectivity index (χ4n) is 10.6. The molecular formula is C63H124NO7+. The first-order chi connectivity index (χ1) is 34.8. The van der Waals surface area contributed by atoms with Crippen LogP contribution in [0.4, 0.5) is 0 Å². The van der Waals surface area contributed by atoms with Crippen molar-refractivity contribution >= 4 is 17.9 Å². The second kappa shape index (κ2) is 54.6. The summed E-state index contributed by atoms with van der Waals surface area (Å²) in [6.45, 7) is 16.7. The van der Waals surface area contributed by atoms with Crippen molar-refractivity contribution in [2.45, 2.75) is 336 Å². The van der Waals surface area contributed by atoms with E-state index < -0.39 is 0 Å².